The van der Waals surface area contributed by atoms with Crippen molar-refractivity contribution in [3.63, 3.8) is 0 Å². The first-order chi connectivity index (χ1) is 10.5. The number of aliphatic hydroxyl groups is 3. The van der Waals surface area contributed by atoms with E-state index in [4.69, 9.17) is 0 Å². The maximum absolute atomic E-state index is 10.7. The van der Waals surface area contributed by atoms with Crippen LogP contribution in [0.2, 0.25) is 0 Å². The summed E-state index contributed by atoms with van der Waals surface area (Å²) in [7, 11) is -18.1. The van der Waals surface area contributed by atoms with Crippen LogP contribution in [0, 0.1) is 0 Å². The largest absolute Gasteiger partial charge is 1.00 e. The molecule has 0 bridgehead atoms. The monoisotopic (exact) mass is 552 g/mol. The molecule has 1 aliphatic carbocycles. The summed E-state index contributed by atoms with van der Waals surface area (Å²) < 4.78 is 43.2. The number of rotatable bonds is 6. The topological polar surface area (TPSA) is 278 Å². The molecule has 3 N–H and O–H groups in total. The molecule has 144 valence electrons. The van der Waals surface area contributed by atoms with Gasteiger partial charge in [0.2, 0.25) is 0 Å². The van der Waals surface area contributed by atoms with Crippen molar-refractivity contribution < 1.29 is 249 Å². The van der Waals surface area contributed by atoms with Gasteiger partial charge in [0.05, 0.1) is 23.5 Å². The van der Waals surface area contributed by atoms with Crippen molar-refractivity contribution >= 4 is 23.5 Å². The molecule has 24 heteroatoms. The summed E-state index contributed by atoms with van der Waals surface area (Å²) in [5, 5.41) is 28.6. The molecular weight excluding hydrogens is 543 g/mol. The number of phosphoric acid groups is 3. The van der Waals surface area contributed by atoms with Gasteiger partial charge in [-0.3, -0.25) is 0 Å². The first kappa shape index (κ1) is 49.2. The van der Waals surface area contributed by atoms with Crippen LogP contribution in [0.4, 0.5) is 0 Å². The predicted molar refractivity (Wildman–Crippen MR) is 55.5 cm³/mol. The molecule has 0 radical (unpaired) electrons. The van der Waals surface area contributed by atoms with Crippen molar-refractivity contribution in [2.24, 2.45) is 0 Å². The maximum Gasteiger partial charge on any atom is 1.00 e. The Balaban J connectivity index is -0.000000240. The zero-order chi connectivity index (χ0) is 19.1. The van der Waals surface area contributed by atoms with Crippen LogP contribution in [-0.2, 0) is 27.3 Å². The predicted octanol–water partition coefficient (Wildman–Crippen LogP) is -25.3. The molecule has 0 aliphatic heterocycles. The van der Waals surface area contributed by atoms with E-state index in [1.807, 2.05) is 0 Å². The summed E-state index contributed by atoms with van der Waals surface area (Å²) in [4.78, 5) is 63.9. The molecule has 1 saturated carbocycles. The van der Waals surface area contributed by atoms with E-state index < -0.39 is 60.1 Å². The van der Waals surface area contributed by atoms with Crippen molar-refractivity contribution in [3.05, 3.63) is 0 Å². The van der Waals surface area contributed by atoms with E-state index in [-0.39, 0.29) is 177 Å². The fourth-order valence-corrected chi connectivity index (χ4v) is 3.60. The van der Waals surface area contributed by atoms with Gasteiger partial charge in [-0.1, -0.05) is 0 Å². The molecule has 0 aromatic carbocycles. The Labute approximate surface area is 303 Å². The normalized spacial score (nSPS) is 28.7. The van der Waals surface area contributed by atoms with E-state index in [1.54, 1.807) is 0 Å². The number of aliphatic hydroxyl groups excluding tert-OH is 3. The summed E-state index contributed by atoms with van der Waals surface area (Å²) in [5.74, 6) is 0. The maximum atomic E-state index is 10.7. The first-order valence-corrected chi connectivity index (χ1v) is 10.1. The zero-order valence-electron chi connectivity index (χ0n) is 17.0. The van der Waals surface area contributed by atoms with Gasteiger partial charge in [0.25, 0.3) is 0 Å². The second-order valence-corrected chi connectivity index (χ2v) is 7.84. The van der Waals surface area contributed by atoms with Crippen molar-refractivity contribution in [2.45, 2.75) is 36.6 Å². The molecule has 0 aromatic rings. The smallest absolute Gasteiger partial charge is 0.790 e. The minimum Gasteiger partial charge on any atom is -0.790 e. The van der Waals surface area contributed by atoms with Crippen LogP contribution in [0.3, 0.4) is 0 Å². The molecule has 15 nitrogen and oxygen atoms in total. The van der Waals surface area contributed by atoms with Gasteiger partial charge in [-0.05, 0) is 0 Å². The molecule has 2 unspecified atom stereocenters. The SMILES string of the molecule is O=P([O-])([O-])OC1[C@H](OP(=O)([O-])[O-])[C@H](O)C(O)[C@H](O)[C@H]1OP(=O)([O-])[O-].[Na+].[Na+].[Na+].[Na+].[Na+].[Na+]. The molecule has 0 saturated heterocycles. The Bertz CT molecular complexity index is 557. The van der Waals surface area contributed by atoms with E-state index in [0.717, 1.165) is 0 Å². The van der Waals surface area contributed by atoms with Gasteiger partial charge in [-0.25, -0.2) is 0 Å². The summed E-state index contributed by atoms with van der Waals surface area (Å²) in [6.07, 6.45) is -15.7. The second-order valence-electron chi connectivity index (χ2n) is 4.52. The Morgan fingerprint density at radius 3 is 0.867 bits per heavy atom. The molecule has 0 amide bonds. The second kappa shape index (κ2) is 20.2. The van der Waals surface area contributed by atoms with E-state index in [2.05, 4.69) is 13.6 Å². The van der Waals surface area contributed by atoms with E-state index in [1.165, 1.54) is 0 Å². The fraction of sp³-hybridized carbons (Fsp3) is 1.00. The van der Waals surface area contributed by atoms with Crippen molar-refractivity contribution in [3.8, 4) is 0 Å². The van der Waals surface area contributed by atoms with Gasteiger partial charge in [-0.15, -0.1) is 0 Å². The third kappa shape index (κ3) is 18.5. The van der Waals surface area contributed by atoms with Crippen LogP contribution in [-0.4, -0.2) is 51.9 Å². The Kier molecular flexibility index (Phi) is 33.1. The van der Waals surface area contributed by atoms with Crippen molar-refractivity contribution in [2.75, 3.05) is 0 Å². The summed E-state index contributed by atoms with van der Waals surface area (Å²) >= 11 is 0. The molecule has 30 heavy (non-hydrogen) atoms. The quantitative estimate of drug-likeness (QED) is 0.204. The van der Waals surface area contributed by atoms with E-state index in [9.17, 15) is 58.4 Å². The number of hydrogen-bond acceptors (Lipinski definition) is 15. The van der Waals surface area contributed by atoms with Crippen LogP contribution >= 0.6 is 23.5 Å². The number of phosphoric ester groups is 3. The van der Waals surface area contributed by atoms with Crippen LogP contribution in [0.5, 0.6) is 0 Å². The number of hydrogen-bond donors (Lipinski definition) is 3. The van der Waals surface area contributed by atoms with Crippen molar-refractivity contribution in [1.82, 2.24) is 0 Å². The van der Waals surface area contributed by atoms with Gasteiger partial charge >= 0.3 is 177 Å². The van der Waals surface area contributed by atoms with E-state index >= 15 is 0 Å². The molecule has 1 rings (SSSR count). The third-order valence-electron chi connectivity index (χ3n) is 2.77. The van der Waals surface area contributed by atoms with Gasteiger partial charge in [0.15, 0.2) is 0 Å². The Hall–Kier alpha value is 6.21. The molecule has 1 fully saturated rings. The van der Waals surface area contributed by atoms with Gasteiger partial charge in [0, 0.05) is 0 Å². The minimum atomic E-state index is -6.06. The first-order valence-electron chi connectivity index (χ1n) is 5.67. The van der Waals surface area contributed by atoms with Crippen LogP contribution in [0.1, 0.15) is 0 Å². The molecule has 0 heterocycles. The minimum absolute atomic E-state index is 0. The molecule has 0 aromatic heterocycles. The van der Waals surface area contributed by atoms with Gasteiger partial charge in [-0.2, -0.15) is 0 Å². The van der Waals surface area contributed by atoms with Gasteiger partial charge in [0.1, 0.15) is 36.6 Å². The Morgan fingerprint density at radius 1 is 0.467 bits per heavy atom. The molecule has 1 aliphatic rings. The van der Waals surface area contributed by atoms with Crippen LogP contribution in [0.25, 0.3) is 0 Å². The van der Waals surface area contributed by atoms with E-state index in [0.29, 0.717) is 0 Å². The average molecular weight is 552 g/mol. The third-order valence-corrected chi connectivity index (χ3v) is 4.28. The summed E-state index contributed by atoms with van der Waals surface area (Å²) in [6.45, 7) is 0. The average Bonchev–Trinajstić information content (AvgIpc) is 2.32. The standard InChI is InChI=1S/C6H15O15P3.6Na/c7-1-2(8)4(19-22(10,11)12)6(21-24(16,17)18)5(3(1)9)20-23(13,14)15;;;;;;/h1-9H,(H2,10,11,12)(H2,13,14,15)(H2,16,17,18);;;;;;/q;6*+1/p-6/t1?,2-,3+,4-,5-,6?;;;;;;/m1....../s1. The van der Waals surface area contributed by atoms with Crippen molar-refractivity contribution in [1.29, 1.82) is 0 Å². The molecule has 0 spiro atoms. The Morgan fingerprint density at radius 2 is 0.667 bits per heavy atom. The molecule has 6 atom stereocenters. The molecular formula is C6H9Na6O15P3. The van der Waals surface area contributed by atoms with Gasteiger partial charge < -0.3 is 71.9 Å². The van der Waals surface area contributed by atoms with Crippen LogP contribution in [0.15, 0.2) is 0 Å². The summed E-state index contributed by atoms with van der Waals surface area (Å²) in [5.41, 5.74) is 0. The fourth-order valence-electron chi connectivity index (χ4n) is 1.98. The zero-order valence-corrected chi connectivity index (χ0v) is 31.7. The van der Waals surface area contributed by atoms with Crippen LogP contribution < -0.4 is 207 Å². The summed E-state index contributed by atoms with van der Waals surface area (Å²) in [6, 6.07) is 0.